The number of carbonyl (C=O) groups excluding carboxylic acids is 1. The van der Waals surface area contributed by atoms with Crippen molar-refractivity contribution in [1.29, 1.82) is 0 Å². The molecule has 104 valence electrons. The van der Waals surface area contributed by atoms with E-state index in [1.807, 2.05) is 4.90 Å². The van der Waals surface area contributed by atoms with Gasteiger partial charge in [0.25, 0.3) is 0 Å². The fourth-order valence-electron chi connectivity index (χ4n) is 2.26. The van der Waals surface area contributed by atoms with Gasteiger partial charge < -0.3 is 15.0 Å². The maximum Gasteiger partial charge on any atom is 0.410 e. The summed E-state index contributed by atoms with van der Waals surface area (Å²) in [6.45, 7) is 14.0. The molecule has 0 bridgehead atoms. The first-order chi connectivity index (χ1) is 8.47. The zero-order valence-electron chi connectivity index (χ0n) is 12.0. The average Bonchev–Trinajstić information content (AvgIpc) is 2.34. The van der Waals surface area contributed by atoms with Crippen LogP contribution in [0.4, 0.5) is 4.79 Å². The molecule has 0 aromatic carbocycles. The van der Waals surface area contributed by atoms with Crippen molar-refractivity contribution in [3.8, 4) is 0 Å². The summed E-state index contributed by atoms with van der Waals surface area (Å²) >= 11 is 0. The van der Waals surface area contributed by atoms with Gasteiger partial charge in [0.1, 0.15) is 6.61 Å². The molecule has 0 aromatic heterocycles. The molecule has 18 heavy (non-hydrogen) atoms. The third-order valence-corrected chi connectivity index (χ3v) is 3.52. The Hall–Kier alpha value is -1.03. The molecule has 1 aliphatic heterocycles. The molecule has 1 fully saturated rings. The number of carbonyl (C=O) groups is 1. The molecule has 2 atom stereocenters. The molecule has 0 spiro atoms. The first-order valence-electron chi connectivity index (χ1n) is 6.75. The van der Waals surface area contributed by atoms with Crippen molar-refractivity contribution in [3.63, 3.8) is 0 Å². The Labute approximate surface area is 110 Å². The average molecular weight is 254 g/mol. The molecular formula is C14H26N2O2. The van der Waals surface area contributed by atoms with Crippen LogP contribution in [0.5, 0.6) is 0 Å². The maximum atomic E-state index is 12.1. The predicted molar refractivity (Wildman–Crippen MR) is 73.5 cm³/mol. The van der Waals surface area contributed by atoms with Crippen molar-refractivity contribution in [2.24, 2.45) is 11.8 Å². The summed E-state index contributed by atoms with van der Waals surface area (Å²) < 4.78 is 5.18. The number of rotatable bonds is 4. The molecule has 1 amide bonds. The van der Waals surface area contributed by atoms with Crippen LogP contribution in [0.15, 0.2) is 12.7 Å². The molecule has 4 nitrogen and oxygen atoms in total. The molecule has 0 radical (unpaired) electrons. The standard InChI is InChI=1S/C14H26N2O2/c1-6-7-18-14(17)16-9-12(10(2)3)15-8-13(16)11(4)5/h6,10-13,15H,1,7-9H2,2-5H3. The summed E-state index contributed by atoms with van der Waals surface area (Å²) in [5.74, 6) is 0.926. The molecule has 1 saturated heterocycles. The van der Waals surface area contributed by atoms with E-state index in [1.54, 1.807) is 6.08 Å². The van der Waals surface area contributed by atoms with Crippen molar-refractivity contribution in [2.45, 2.75) is 39.8 Å². The van der Waals surface area contributed by atoms with Gasteiger partial charge in [-0.2, -0.15) is 0 Å². The lowest BCUT2D eigenvalue weighted by Gasteiger charge is -2.42. The van der Waals surface area contributed by atoms with Crippen molar-refractivity contribution in [2.75, 3.05) is 19.7 Å². The van der Waals surface area contributed by atoms with E-state index in [0.717, 1.165) is 13.1 Å². The summed E-state index contributed by atoms with van der Waals surface area (Å²) in [5.41, 5.74) is 0. The SMILES string of the molecule is C=CCOC(=O)N1CC(C(C)C)NCC1C(C)C. The highest BCUT2D eigenvalue weighted by Gasteiger charge is 2.34. The van der Waals surface area contributed by atoms with E-state index >= 15 is 0 Å². The van der Waals surface area contributed by atoms with Gasteiger partial charge >= 0.3 is 6.09 Å². The van der Waals surface area contributed by atoms with Crippen molar-refractivity contribution in [1.82, 2.24) is 10.2 Å². The largest absolute Gasteiger partial charge is 0.445 e. The fraction of sp³-hybridized carbons (Fsp3) is 0.786. The van der Waals surface area contributed by atoms with E-state index in [9.17, 15) is 4.79 Å². The third-order valence-electron chi connectivity index (χ3n) is 3.52. The molecule has 0 aromatic rings. The highest BCUT2D eigenvalue weighted by molar-refractivity contribution is 5.68. The molecule has 1 heterocycles. The van der Waals surface area contributed by atoms with Gasteiger partial charge in [-0.15, -0.1) is 0 Å². The van der Waals surface area contributed by atoms with Crippen LogP contribution in [0.1, 0.15) is 27.7 Å². The van der Waals surface area contributed by atoms with E-state index in [1.165, 1.54) is 0 Å². The Balaban J connectivity index is 2.71. The normalized spacial score (nSPS) is 24.4. The molecule has 1 rings (SSSR count). The van der Waals surface area contributed by atoms with Gasteiger partial charge in [0, 0.05) is 25.2 Å². The number of nitrogens with one attached hydrogen (secondary N) is 1. The zero-order chi connectivity index (χ0) is 13.7. The topological polar surface area (TPSA) is 41.6 Å². The van der Waals surface area contributed by atoms with Crippen molar-refractivity contribution in [3.05, 3.63) is 12.7 Å². The molecule has 1 aliphatic rings. The minimum absolute atomic E-state index is 0.206. The van der Waals surface area contributed by atoms with Crippen LogP contribution in [0.3, 0.4) is 0 Å². The second-order valence-corrected chi connectivity index (χ2v) is 5.59. The van der Waals surface area contributed by atoms with Gasteiger partial charge in [0.15, 0.2) is 0 Å². The summed E-state index contributed by atoms with van der Waals surface area (Å²) in [5, 5.41) is 3.52. The summed E-state index contributed by atoms with van der Waals surface area (Å²) in [7, 11) is 0. The lowest BCUT2D eigenvalue weighted by molar-refractivity contribution is 0.0553. The van der Waals surface area contributed by atoms with Gasteiger partial charge in [0.05, 0.1) is 0 Å². The smallest absolute Gasteiger partial charge is 0.410 e. The minimum Gasteiger partial charge on any atom is -0.445 e. The molecule has 1 N–H and O–H groups in total. The molecule has 0 aliphatic carbocycles. The predicted octanol–water partition coefficient (Wildman–Crippen LogP) is 2.26. The van der Waals surface area contributed by atoms with Gasteiger partial charge in [-0.25, -0.2) is 4.79 Å². The number of hydrogen-bond donors (Lipinski definition) is 1. The van der Waals surface area contributed by atoms with Crippen LogP contribution in [-0.2, 0) is 4.74 Å². The molecule has 0 saturated carbocycles. The lowest BCUT2D eigenvalue weighted by Crippen LogP contribution is -2.61. The summed E-state index contributed by atoms with van der Waals surface area (Å²) in [6.07, 6.45) is 1.38. The Morgan fingerprint density at radius 2 is 2.11 bits per heavy atom. The first kappa shape index (κ1) is 15.0. The minimum atomic E-state index is -0.222. The van der Waals surface area contributed by atoms with Crippen LogP contribution in [0.2, 0.25) is 0 Å². The van der Waals surface area contributed by atoms with Gasteiger partial charge in [-0.05, 0) is 11.8 Å². The lowest BCUT2D eigenvalue weighted by atomic mass is 9.95. The molecule has 4 heteroatoms. The third kappa shape index (κ3) is 3.73. The summed E-state index contributed by atoms with van der Waals surface area (Å²) in [6, 6.07) is 0.550. The Morgan fingerprint density at radius 3 is 2.61 bits per heavy atom. The van der Waals surface area contributed by atoms with Crippen LogP contribution in [0.25, 0.3) is 0 Å². The van der Waals surface area contributed by atoms with Crippen molar-refractivity contribution >= 4 is 6.09 Å². The van der Waals surface area contributed by atoms with E-state index in [0.29, 0.717) is 17.9 Å². The second kappa shape index (κ2) is 6.78. The van der Waals surface area contributed by atoms with E-state index in [-0.39, 0.29) is 18.7 Å². The van der Waals surface area contributed by atoms with Gasteiger partial charge in [-0.3, -0.25) is 0 Å². The van der Waals surface area contributed by atoms with Crippen LogP contribution in [-0.4, -0.2) is 42.8 Å². The first-order valence-corrected chi connectivity index (χ1v) is 6.75. The van der Waals surface area contributed by atoms with E-state index in [4.69, 9.17) is 4.74 Å². The number of nitrogens with zero attached hydrogens (tertiary/aromatic N) is 1. The number of ether oxygens (including phenoxy) is 1. The Morgan fingerprint density at radius 1 is 1.44 bits per heavy atom. The van der Waals surface area contributed by atoms with Gasteiger partial charge in [-0.1, -0.05) is 40.3 Å². The van der Waals surface area contributed by atoms with Crippen molar-refractivity contribution < 1.29 is 9.53 Å². The van der Waals surface area contributed by atoms with Gasteiger partial charge in [0.2, 0.25) is 0 Å². The van der Waals surface area contributed by atoms with E-state index in [2.05, 4.69) is 39.6 Å². The fourth-order valence-corrected chi connectivity index (χ4v) is 2.26. The van der Waals surface area contributed by atoms with E-state index < -0.39 is 0 Å². The summed E-state index contributed by atoms with van der Waals surface area (Å²) in [4.78, 5) is 13.9. The van der Waals surface area contributed by atoms with Crippen LogP contribution in [0, 0.1) is 11.8 Å². The quantitative estimate of drug-likeness (QED) is 0.782. The Bertz CT molecular complexity index is 290. The number of amides is 1. The highest BCUT2D eigenvalue weighted by atomic mass is 16.6. The number of hydrogen-bond acceptors (Lipinski definition) is 3. The maximum absolute atomic E-state index is 12.1. The van der Waals surface area contributed by atoms with Crippen LogP contribution < -0.4 is 5.32 Å². The molecule has 2 unspecified atom stereocenters. The monoisotopic (exact) mass is 254 g/mol. The zero-order valence-corrected chi connectivity index (χ0v) is 12.0. The highest BCUT2D eigenvalue weighted by Crippen LogP contribution is 2.19. The Kier molecular flexibility index (Phi) is 5.66. The van der Waals surface area contributed by atoms with Crippen LogP contribution >= 0.6 is 0 Å². The number of piperazine rings is 1. The second-order valence-electron chi connectivity index (χ2n) is 5.59. The molecular weight excluding hydrogens is 228 g/mol.